The van der Waals surface area contributed by atoms with Gasteiger partial charge in [-0.1, -0.05) is 12.1 Å². The normalized spacial score (nSPS) is 15.7. The highest BCUT2D eigenvalue weighted by molar-refractivity contribution is 5.85. The molecule has 9 heteroatoms. The summed E-state index contributed by atoms with van der Waals surface area (Å²) in [5.41, 5.74) is 0.884. The van der Waals surface area contributed by atoms with E-state index in [0.29, 0.717) is 31.3 Å². The monoisotopic (exact) mass is 415 g/mol. The van der Waals surface area contributed by atoms with Crippen LogP contribution < -0.4 is 20.1 Å². The average molecular weight is 416 g/mol. The van der Waals surface area contributed by atoms with E-state index in [2.05, 4.69) is 15.6 Å². The number of aromatic nitrogens is 1. The molecule has 1 aliphatic rings. The molecule has 1 saturated heterocycles. The second kappa shape index (κ2) is 11.6. The van der Waals surface area contributed by atoms with Gasteiger partial charge < -0.3 is 24.8 Å². The summed E-state index contributed by atoms with van der Waals surface area (Å²) in [4.78, 5) is 16.3. The molecule has 27 heavy (non-hydrogen) atoms. The summed E-state index contributed by atoms with van der Waals surface area (Å²) in [6, 6.07) is 10.9. The Morgan fingerprint density at radius 2 is 2.11 bits per heavy atom. The van der Waals surface area contributed by atoms with Crippen molar-refractivity contribution in [1.29, 1.82) is 0 Å². The van der Waals surface area contributed by atoms with Gasteiger partial charge >= 0.3 is 0 Å². The van der Waals surface area contributed by atoms with Crippen LogP contribution in [-0.2, 0) is 16.1 Å². The fourth-order valence-corrected chi connectivity index (χ4v) is 2.40. The van der Waals surface area contributed by atoms with E-state index in [0.717, 1.165) is 17.9 Å². The van der Waals surface area contributed by atoms with Crippen molar-refractivity contribution in [3.63, 3.8) is 0 Å². The Morgan fingerprint density at radius 3 is 2.78 bits per heavy atom. The number of methoxy groups -OCH3 is 1. The van der Waals surface area contributed by atoms with Crippen LogP contribution in [0.3, 0.4) is 0 Å². The first-order valence-electron chi connectivity index (χ1n) is 8.11. The summed E-state index contributed by atoms with van der Waals surface area (Å²) in [5, 5.41) is 5.98. The van der Waals surface area contributed by atoms with Gasteiger partial charge in [-0.25, -0.2) is 4.98 Å². The molecule has 0 radical (unpaired) electrons. The standard InChI is InChI=1S/C18H21N3O4.2ClH/c1-23-14-3-2-4-15(9-14)25-17-6-5-13(10-20-17)11-21-18(22)16-12-19-7-8-24-16;;/h2-6,9-10,16,19H,7-8,11-12H2,1H3,(H,21,22);2*1H. The Kier molecular flexibility index (Phi) is 9.88. The molecule has 2 aromatic rings. The zero-order valence-corrected chi connectivity index (χ0v) is 16.5. The Morgan fingerprint density at radius 1 is 1.30 bits per heavy atom. The minimum Gasteiger partial charge on any atom is -0.497 e. The van der Waals surface area contributed by atoms with Gasteiger partial charge in [0, 0.05) is 38.0 Å². The molecular weight excluding hydrogens is 393 g/mol. The Bertz CT molecular complexity index is 710. The van der Waals surface area contributed by atoms with Crippen LogP contribution in [-0.4, -0.2) is 43.8 Å². The van der Waals surface area contributed by atoms with Crippen LogP contribution in [0.25, 0.3) is 0 Å². The molecule has 0 spiro atoms. The quantitative estimate of drug-likeness (QED) is 0.753. The second-order valence-corrected chi connectivity index (χ2v) is 5.57. The first kappa shape index (κ1) is 23.0. The second-order valence-electron chi connectivity index (χ2n) is 5.57. The fraction of sp³-hybridized carbons (Fsp3) is 0.333. The van der Waals surface area contributed by atoms with Crippen molar-refractivity contribution in [3.05, 3.63) is 48.2 Å². The number of hydrogen-bond donors (Lipinski definition) is 2. The first-order chi connectivity index (χ1) is 12.2. The van der Waals surface area contributed by atoms with Crippen LogP contribution in [0, 0.1) is 0 Å². The van der Waals surface area contributed by atoms with Crippen LogP contribution in [0.5, 0.6) is 17.4 Å². The van der Waals surface area contributed by atoms with Gasteiger partial charge in [0.25, 0.3) is 5.91 Å². The van der Waals surface area contributed by atoms with Gasteiger partial charge in [-0.3, -0.25) is 4.79 Å². The Balaban J connectivity index is 0.00000182. The molecule has 1 aromatic heterocycles. The van der Waals surface area contributed by atoms with Crippen LogP contribution >= 0.6 is 24.8 Å². The van der Waals surface area contributed by atoms with Gasteiger partial charge in [0.15, 0.2) is 0 Å². The van der Waals surface area contributed by atoms with E-state index in [-0.39, 0.29) is 30.7 Å². The zero-order valence-electron chi connectivity index (χ0n) is 14.8. The van der Waals surface area contributed by atoms with Crippen molar-refractivity contribution in [1.82, 2.24) is 15.6 Å². The largest absolute Gasteiger partial charge is 0.497 e. The highest BCUT2D eigenvalue weighted by Gasteiger charge is 2.21. The molecule has 1 atom stereocenters. The molecule has 0 saturated carbocycles. The van der Waals surface area contributed by atoms with Crippen molar-refractivity contribution >= 4 is 30.7 Å². The number of carbonyl (C=O) groups is 1. The molecule has 1 amide bonds. The summed E-state index contributed by atoms with van der Waals surface area (Å²) >= 11 is 0. The van der Waals surface area contributed by atoms with Crippen molar-refractivity contribution in [3.8, 4) is 17.4 Å². The predicted molar refractivity (Wildman–Crippen MR) is 106 cm³/mol. The number of halogens is 2. The fourth-order valence-electron chi connectivity index (χ4n) is 2.40. The molecule has 1 aliphatic heterocycles. The Labute approximate surface area is 170 Å². The van der Waals surface area contributed by atoms with E-state index < -0.39 is 6.10 Å². The molecule has 2 N–H and O–H groups in total. The molecule has 148 valence electrons. The number of benzene rings is 1. The molecule has 1 aromatic carbocycles. The summed E-state index contributed by atoms with van der Waals surface area (Å²) in [5.74, 6) is 1.72. The zero-order chi connectivity index (χ0) is 17.5. The molecule has 1 fully saturated rings. The molecular formula is C18H23Cl2N3O4. The summed E-state index contributed by atoms with van der Waals surface area (Å²) in [6.45, 7) is 2.26. The third kappa shape index (κ3) is 6.88. The average Bonchev–Trinajstić information content (AvgIpc) is 2.68. The molecule has 3 rings (SSSR count). The number of rotatable bonds is 6. The number of amides is 1. The molecule has 0 aliphatic carbocycles. The number of pyridine rings is 1. The number of morpholine rings is 1. The molecule has 2 heterocycles. The van der Waals surface area contributed by atoms with E-state index in [1.807, 2.05) is 24.3 Å². The lowest BCUT2D eigenvalue weighted by Gasteiger charge is -2.22. The number of hydrogen-bond acceptors (Lipinski definition) is 6. The van der Waals surface area contributed by atoms with Crippen molar-refractivity contribution in [2.75, 3.05) is 26.8 Å². The van der Waals surface area contributed by atoms with Crippen LogP contribution in [0.2, 0.25) is 0 Å². The number of nitrogens with zero attached hydrogens (tertiary/aromatic N) is 1. The van der Waals surface area contributed by atoms with Gasteiger partial charge in [-0.05, 0) is 17.7 Å². The number of carbonyl (C=O) groups excluding carboxylic acids is 1. The lowest BCUT2D eigenvalue weighted by Crippen LogP contribution is -2.47. The summed E-state index contributed by atoms with van der Waals surface area (Å²) in [6.07, 6.45) is 1.24. The minimum absolute atomic E-state index is 0. The highest BCUT2D eigenvalue weighted by atomic mass is 35.5. The third-order valence-electron chi connectivity index (χ3n) is 3.75. The predicted octanol–water partition coefficient (Wildman–Crippen LogP) is 2.33. The lowest BCUT2D eigenvalue weighted by atomic mass is 10.2. The molecule has 7 nitrogen and oxygen atoms in total. The maximum absolute atomic E-state index is 12.0. The topological polar surface area (TPSA) is 81.7 Å². The van der Waals surface area contributed by atoms with E-state index in [9.17, 15) is 4.79 Å². The minimum atomic E-state index is -0.433. The van der Waals surface area contributed by atoms with Crippen LogP contribution in [0.15, 0.2) is 42.6 Å². The molecule has 1 unspecified atom stereocenters. The summed E-state index contributed by atoms with van der Waals surface area (Å²) in [7, 11) is 1.61. The van der Waals surface area contributed by atoms with E-state index >= 15 is 0 Å². The van der Waals surface area contributed by atoms with Crippen LogP contribution in [0.1, 0.15) is 5.56 Å². The lowest BCUT2D eigenvalue weighted by molar-refractivity contribution is -0.134. The maximum atomic E-state index is 12.0. The van der Waals surface area contributed by atoms with Gasteiger partial charge in [0.05, 0.1) is 13.7 Å². The van der Waals surface area contributed by atoms with Crippen LogP contribution in [0.4, 0.5) is 0 Å². The van der Waals surface area contributed by atoms with Gasteiger partial charge in [-0.15, -0.1) is 24.8 Å². The number of nitrogens with one attached hydrogen (secondary N) is 2. The van der Waals surface area contributed by atoms with Gasteiger partial charge in [-0.2, -0.15) is 0 Å². The SMILES string of the molecule is COc1cccc(Oc2ccc(CNC(=O)C3CNCCO3)cn2)c1.Cl.Cl. The smallest absolute Gasteiger partial charge is 0.250 e. The third-order valence-corrected chi connectivity index (χ3v) is 3.75. The van der Waals surface area contributed by atoms with Crippen molar-refractivity contribution < 1.29 is 19.0 Å². The summed E-state index contributed by atoms with van der Waals surface area (Å²) < 4.78 is 16.3. The number of ether oxygens (including phenoxy) is 3. The van der Waals surface area contributed by atoms with Gasteiger partial charge in [0.1, 0.15) is 17.6 Å². The van der Waals surface area contributed by atoms with E-state index in [1.54, 1.807) is 25.4 Å². The van der Waals surface area contributed by atoms with Crippen molar-refractivity contribution in [2.24, 2.45) is 0 Å². The van der Waals surface area contributed by atoms with Gasteiger partial charge in [0.2, 0.25) is 5.88 Å². The van der Waals surface area contributed by atoms with Crippen molar-refractivity contribution in [2.45, 2.75) is 12.6 Å². The van der Waals surface area contributed by atoms with E-state index in [4.69, 9.17) is 14.2 Å². The Hall–Kier alpha value is -2.06. The first-order valence-corrected chi connectivity index (χ1v) is 8.11. The van der Waals surface area contributed by atoms with E-state index in [1.165, 1.54) is 0 Å². The molecule has 0 bridgehead atoms. The maximum Gasteiger partial charge on any atom is 0.250 e. The highest BCUT2D eigenvalue weighted by Crippen LogP contribution is 2.23.